The van der Waals surface area contributed by atoms with Crippen molar-refractivity contribution in [2.24, 2.45) is 12.5 Å². The van der Waals surface area contributed by atoms with Crippen LogP contribution in [0.1, 0.15) is 30.5 Å². The van der Waals surface area contributed by atoms with Gasteiger partial charge < -0.3 is 0 Å². The number of benzene rings is 1. The number of nitrogens with zero attached hydrogens (tertiary/aromatic N) is 1. The van der Waals surface area contributed by atoms with Gasteiger partial charge in [0.2, 0.25) is 5.69 Å². The van der Waals surface area contributed by atoms with Gasteiger partial charge in [0, 0.05) is 17.2 Å². The van der Waals surface area contributed by atoms with Crippen molar-refractivity contribution in [3.63, 3.8) is 0 Å². The van der Waals surface area contributed by atoms with Crippen LogP contribution in [0.25, 0.3) is 11.3 Å². The molecule has 0 saturated heterocycles. The lowest BCUT2D eigenvalue weighted by Crippen LogP contribution is -2.32. The maximum Gasteiger partial charge on any atom is 0.216 e. The summed E-state index contributed by atoms with van der Waals surface area (Å²) in [6.07, 6.45) is 4.59. The predicted molar refractivity (Wildman–Crippen MR) is 79.0 cm³/mol. The van der Waals surface area contributed by atoms with E-state index in [1.54, 1.807) is 5.56 Å². The summed E-state index contributed by atoms with van der Waals surface area (Å²) in [5.41, 5.74) is 7.61. The topological polar surface area (TPSA) is 3.88 Å². The fraction of sp³-hybridized carbons (Fsp3) is 0.389. The second kappa shape index (κ2) is 4.19. The molecule has 3 rings (SSSR count). The molecule has 0 radical (unpaired) electrons. The maximum atomic E-state index is 2.37. The van der Waals surface area contributed by atoms with Gasteiger partial charge >= 0.3 is 0 Å². The lowest BCUT2D eigenvalue weighted by molar-refractivity contribution is -0.660. The zero-order chi connectivity index (χ0) is 13.6. The lowest BCUT2D eigenvalue weighted by atomic mass is 9.89. The van der Waals surface area contributed by atoms with E-state index in [1.165, 1.54) is 35.2 Å². The van der Waals surface area contributed by atoms with E-state index in [0.717, 1.165) is 0 Å². The minimum absolute atomic E-state index is 0.397. The number of aromatic nitrogens is 1. The first-order valence-corrected chi connectivity index (χ1v) is 7.04. The Balaban J connectivity index is 2.24. The number of rotatable bonds is 1. The van der Waals surface area contributed by atoms with E-state index in [9.17, 15) is 0 Å². The van der Waals surface area contributed by atoms with Crippen molar-refractivity contribution in [1.29, 1.82) is 0 Å². The number of pyridine rings is 1. The Morgan fingerprint density at radius 3 is 2.53 bits per heavy atom. The van der Waals surface area contributed by atoms with Crippen LogP contribution in [0.4, 0.5) is 0 Å². The Hall–Kier alpha value is -1.63. The van der Waals surface area contributed by atoms with Gasteiger partial charge in [0.1, 0.15) is 7.05 Å². The number of fused-ring (bicyclic) bond motifs is 1. The summed E-state index contributed by atoms with van der Waals surface area (Å²) in [7, 11) is 2.16. The Bertz CT molecular complexity index is 638. The molecule has 1 heteroatoms. The van der Waals surface area contributed by atoms with Crippen molar-refractivity contribution in [1.82, 2.24) is 0 Å². The molecular formula is C18H22N+. The third-order valence-electron chi connectivity index (χ3n) is 4.25. The molecule has 0 spiro atoms. The Kier molecular flexibility index (Phi) is 2.74. The van der Waals surface area contributed by atoms with Crippen LogP contribution in [0.15, 0.2) is 36.5 Å². The largest absolute Gasteiger partial charge is 0.216 e. The zero-order valence-corrected chi connectivity index (χ0v) is 12.3. The van der Waals surface area contributed by atoms with Crippen molar-refractivity contribution in [2.45, 2.75) is 33.6 Å². The highest BCUT2D eigenvalue weighted by atomic mass is 14.9. The summed E-state index contributed by atoms with van der Waals surface area (Å²) in [6, 6.07) is 11.0. The smallest absolute Gasteiger partial charge is 0.201 e. The highest BCUT2D eigenvalue weighted by molar-refractivity contribution is 5.66. The molecule has 2 aromatic rings. The average Bonchev–Trinajstić information content (AvgIpc) is 2.65. The van der Waals surface area contributed by atoms with Crippen LogP contribution in [-0.4, -0.2) is 0 Å². The van der Waals surface area contributed by atoms with E-state index in [4.69, 9.17) is 0 Å². The summed E-state index contributed by atoms with van der Waals surface area (Å²) < 4.78 is 2.28. The summed E-state index contributed by atoms with van der Waals surface area (Å²) >= 11 is 0. The van der Waals surface area contributed by atoms with E-state index < -0.39 is 0 Å². The number of hydrogen-bond acceptors (Lipinski definition) is 0. The van der Waals surface area contributed by atoms with Crippen LogP contribution >= 0.6 is 0 Å². The first kappa shape index (κ1) is 12.4. The normalized spacial score (nSPS) is 16.4. The van der Waals surface area contributed by atoms with E-state index in [0.29, 0.717) is 5.41 Å². The van der Waals surface area contributed by atoms with Gasteiger partial charge in [-0.1, -0.05) is 32.0 Å². The van der Waals surface area contributed by atoms with Crippen LogP contribution in [0.3, 0.4) is 0 Å². The molecule has 1 nitrogen and oxygen atoms in total. The molecule has 19 heavy (non-hydrogen) atoms. The molecule has 0 saturated carbocycles. The molecular weight excluding hydrogens is 230 g/mol. The fourth-order valence-electron chi connectivity index (χ4n) is 3.35. The molecule has 98 valence electrons. The molecule has 1 aromatic heterocycles. The molecule has 0 aliphatic heterocycles. The third-order valence-corrected chi connectivity index (χ3v) is 4.25. The first-order valence-electron chi connectivity index (χ1n) is 7.04. The van der Waals surface area contributed by atoms with E-state index in [-0.39, 0.29) is 0 Å². The van der Waals surface area contributed by atoms with Crippen LogP contribution in [0.5, 0.6) is 0 Å². The zero-order valence-electron chi connectivity index (χ0n) is 12.3. The van der Waals surface area contributed by atoms with Gasteiger partial charge in [-0.3, -0.25) is 0 Å². The van der Waals surface area contributed by atoms with Gasteiger partial charge in [-0.2, -0.15) is 0 Å². The van der Waals surface area contributed by atoms with Crippen LogP contribution < -0.4 is 4.57 Å². The van der Waals surface area contributed by atoms with E-state index in [1.807, 2.05) is 0 Å². The standard InChI is InChI=1S/C18H22N/c1-13-7-5-6-8-15(13)17-16-12-18(2,3)11-14(16)9-10-19(17)4/h5-10H,11-12H2,1-4H3/q+1. The number of aryl methyl sites for hydroxylation is 2. The lowest BCUT2D eigenvalue weighted by Gasteiger charge is -2.15. The van der Waals surface area contributed by atoms with Gasteiger partial charge in [0.25, 0.3) is 0 Å². The summed E-state index contributed by atoms with van der Waals surface area (Å²) in [4.78, 5) is 0. The summed E-state index contributed by atoms with van der Waals surface area (Å²) in [6.45, 7) is 6.94. The predicted octanol–water partition coefficient (Wildman–Crippen LogP) is 3.61. The van der Waals surface area contributed by atoms with Gasteiger partial charge in [-0.15, -0.1) is 0 Å². The van der Waals surface area contributed by atoms with Crippen molar-refractivity contribution in [3.8, 4) is 11.3 Å². The molecule has 0 bridgehead atoms. The van der Waals surface area contributed by atoms with Crippen LogP contribution in [0.2, 0.25) is 0 Å². The Labute approximate surface area is 115 Å². The highest BCUT2D eigenvalue weighted by Gasteiger charge is 2.34. The molecule has 0 atom stereocenters. The Morgan fingerprint density at radius 2 is 1.79 bits per heavy atom. The molecule has 0 N–H and O–H groups in total. The summed E-state index contributed by atoms with van der Waals surface area (Å²) in [5.74, 6) is 0. The second-order valence-corrected chi connectivity index (χ2v) is 6.61. The average molecular weight is 252 g/mol. The van der Waals surface area contributed by atoms with Crippen molar-refractivity contribution < 1.29 is 4.57 Å². The minimum atomic E-state index is 0.397. The van der Waals surface area contributed by atoms with E-state index >= 15 is 0 Å². The highest BCUT2D eigenvalue weighted by Crippen LogP contribution is 2.39. The molecule has 0 unspecified atom stereocenters. The minimum Gasteiger partial charge on any atom is -0.201 e. The van der Waals surface area contributed by atoms with Crippen molar-refractivity contribution >= 4 is 0 Å². The second-order valence-electron chi connectivity index (χ2n) is 6.61. The van der Waals surface area contributed by atoms with Crippen molar-refractivity contribution in [3.05, 3.63) is 53.2 Å². The van der Waals surface area contributed by atoms with Crippen LogP contribution in [-0.2, 0) is 19.9 Å². The van der Waals surface area contributed by atoms with E-state index in [2.05, 4.69) is 68.9 Å². The van der Waals surface area contributed by atoms with Gasteiger partial charge in [-0.05, 0) is 42.4 Å². The molecule has 0 fully saturated rings. The van der Waals surface area contributed by atoms with Crippen LogP contribution in [0, 0.1) is 12.3 Å². The first-order chi connectivity index (χ1) is 8.98. The van der Waals surface area contributed by atoms with Gasteiger partial charge in [-0.25, -0.2) is 4.57 Å². The van der Waals surface area contributed by atoms with Gasteiger partial charge in [0.15, 0.2) is 6.20 Å². The molecule has 1 aromatic carbocycles. The Morgan fingerprint density at radius 1 is 1.05 bits per heavy atom. The number of hydrogen-bond donors (Lipinski definition) is 0. The monoisotopic (exact) mass is 252 g/mol. The summed E-state index contributed by atoms with van der Waals surface area (Å²) in [5, 5.41) is 0. The quantitative estimate of drug-likeness (QED) is 0.683. The molecule has 1 heterocycles. The molecule has 0 amide bonds. The third kappa shape index (κ3) is 2.07. The molecule has 1 aliphatic rings. The fourth-order valence-corrected chi connectivity index (χ4v) is 3.35. The molecule has 1 aliphatic carbocycles. The SMILES string of the molecule is Cc1ccccc1-c1c2c(cc[n+]1C)CC(C)(C)C2. The van der Waals surface area contributed by atoms with Crippen molar-refractivity contribution in [2.75, 3.05) is 0 Å². The van der Waals surface area contributed by atoms with Gasteiger partial charge in [0.05, 0.1) is 0 Å². The maximum absolute atomic E-state index is 2.37.